The van der Waals surface area contributed by atoms with Crippen molar-refractivity contribution >= 4 is 27.2 Å². The summed E-state index contributed by atoms with van der Waals surface area (Å²) in [6.45, 7) is 6.21. The Morgan fingerprint density at radius 1 is 0.870 bits per heavy atom. The van der Waals surface area contributed by atoms with Gasteiger partial charge in [-0.3, -0.25) is 14.6 Å². The highest BCUT2D eigenvalue weighted by atomic mass is 32.1. The molecule has 8 heteroatoms. The van der Waals surface area contributed by atoms with E-state index in [9.17, 15) is 9.90 Å². The summed E-state index contributed by atoms with van der Waals surface area (Å²) in [7, 11) is 1.64. The number of ketones is 1. The van der Waals surface area contributed by atoms with E-state index >= 15 is 0 Å². The van der Waals surface area contributed by atoms with Crippen LogP contribution in [0.5, 0.6) is 23.0 Å². The van der Waals surface area contributed by atoms with Crippen LogP contribution in [0.3, 0.4) is 0 Å². The van der Waals surface area contributed by atoms with E-state index in [0.717, 1.165) is 65.4 Å². The van der Waals surface area contributed by atoms with Crippen LogP contribution >= 0.6 is 11.3 Å². The van der Waals surface area contributed by atoms with Gasteiger partial charge in [-0.25, -0.2) is 0 Å². The van der Waals surface area contributed by atoms with Gasteiger partial charge in [0.25, 0.3) is 0 Å². The zero-order chi connectivity index (χ0) is 31.5. The maximum Gasteiger partial charge on any atom is 0.195 e. The lowest BCUT2D eigenvalue weighted by atomic mass is 9.91. The predicted octanol–water partition coefficient (Wildman–Crippen LogP) is 7.77. The van der Waals surface area contributed by atoms with Crippen LogP contribution in [0.4, 0.5) is 0 Å². The quantitative estimate of drug-likeness (QED) is 0.168. The summed E-state index contributed by atoms with van der Waals surface area (Å²) in [4.78, 5) is 20.2. The normalized spacial score (nSPS) is 20.7. The molecule has 1 aliphatic carbocycles. The number of phenolic OH excluding ortho intramolecular Hbond substituents is 1. The maximum atomic E-state index is 14.3. The molecule has 46 heavy (non-hydrogen) atoms. The third-order valence-electron chi connectivity index (χ3n) is 9.87. The van der Waals surface area contributed by atoms with Crippen LogP contribution in [-0.2, 0) is 0 Å². The fraction of sp³-hybridized carbons (Fsp3) is 0.447. The lowest BCUT2D eigenvalue weighted by molar-refractivity contribution is 0.0468. The fourth-order valence-electron chi connectivity index (χ4n) is 7.43. The van der Waals surface area contributed by atoms with Crippen LogP contribution < -0.4 is 14.2 Å². The Balaban J connectivity index is 1.14. The molecule has 2 atom stereocenters. The summed E-state index contributed by atoms with van der Waals surface area (Å²) in [6.07, 6.45) is 9.80. The molecule has 0 spiro atoms. The number of hydrogen-bond donors (Lipinski definition) is 1. The van der Waals surface area contributed by atoms with E-state index in [0.29, 0.717) is 35.3 Å². The summed E-state index contributed by atoms with van der Waals surface area (Å²) in [5.41, 5.74) is 2.10. The molecule has 1 aromatic heterocycles. The van der Waals surface area contributed by atoms with Gasteiger partial charge in [-0.1, -0.05) is 6.42 Å². The summed E-state index contributed by atoms with van der Waals surface area (Å²) in [5.74, 6) is 2.18. The molecular weight excluding hydrogens is 596 g/mol. The van der Waals surface area contributed by atoms with Crippen molar-refractivity contribution in [2.45, 2.75) is 63.5 Å². The highest BCUT2D eigenvalue weighted by molar-refractivity contribution is 7.22. The largest absolute Gasteiger partial charge is 0.508 e. The number of likely N-dealkylation sites (tertiary alicyclic amines) is 2. The van der Waals surface area contributed by atoms with Crippen molar-refractivity contribution in [3.63, 3.8) is 0 Å². The molecule has 2 saturated heterocycles. The van der Waals surface area contributed by atoms with Crippen molar-refractivity contribution in [1.29, 1.82) is 0 Å². The van der Waals surface area contributed by atoms with E-state index in [1.54, 1.807) is 19.2 Å². The Bertz CT molecular complexity index is 1660. The second kappa shape index (κ2) is 14.0. The van der Waals surface area contributed by atoms with Crippen LogP contribution in [0.1, 0.15) is 67.3 Å². The van der Waals surface area contributed by atoms with Gasteiger partial charge in [0.2, 0.25) is 0 Å². The Hall–Kier alpha value is -3.59. The highest BCUT2D eigenvalue weighted by Crippen LogP contribution is 2.42. The van der Waals surface area contributed by atoms with Crippen molar-refractivity contribution in [2.75, 3.05) is 46.4 Å². The van der Waals surface area contributed by atoms with Crippen LogP contribution in [0.25, 0.3) is 20.5 Å². The SMILES string of the molecule is COc1cc(C(=O)c2c(-c3ccc(OCCN4CCCC4)cc3)sc3cc(O)ccc23)ccc1O[C@@H]1CCCC[C@H]1N1CCCC1. The monoisotopic (exact) mass is 640 g/mol. The third-order valence-corrected chi connectivity index (χ3v) is 11.1. The molecule has 3 aliphatic rings. The number of carbonyl (C=O) groups is 1. The number of benzene rings is 3. The van der Waals surface area contributed by atoms with Gasteiger partial charge in [0, 0.05) is 38.7 Å². The van der Waals surface area contributed by atoms with Crippen LogP contribution in [0.2, 0.25) is 0 Å². The van der Waals surface area contributed by atoms with Gasteiger partial charge in [0.1, 0.15) is 24.2 Å². The predicted molar refractivity (Wildman–Crippen MR) is 184 cm³/mol. The van der Waals surface area contributed by atoms with Crippen molar-refractivity contribution in [1.82, 2.24) is 9.80 Å². The van der Waals surface area contributed by atoms with E-state index in [1.807, 2.05) is 48.5 Å². The van der Waals surface area contributed by atoms with E-state index in [1.165, 1.54) is 56.3 Å². The Kier molecular flexibility index (Phi) is 9.47. The van der Waals surface area contributed by atoms with E-state index in [4.69, 9.17) is 14.2 Å². The standard InChI is InChI=1S/C38H44N2O5S/c1-43-34-24-27(12-17-33(34)45-32-9-3-2-8-31(32)40-20-6-7-21-40)37(42)36-30-16-13-28(41)25-35(30)46-38(36)26-10-14-29(15-11-26)44-23-22-39-18-4-5-19-39/h10-17,24-25,31-32,41H,2-9,18-23H2,1H3/t31-,32-/m1/s1. The zero-order valence-electron chi connectivity index (χ0n) is 26.7. The molecule has 7 nitrogen and oxygen atoms in total. The first kappa shape index (κ1) is 31.0. The number of carbonyl (C=O) groups excluding carboxylic acids is 1. The fourth-order valence-corrected chi connectivity index (χ4v) is 8.67. The van der Waals surface area contributed by atoms with Gasteiger partial charge in [-0.2, -0.15) is 0 Å². The first-order valence-electron chi connectivity index (χ1n) is 16.9. The first-order chi connectivity index (χ1) is 22.6. The van der Waals surface area contributed by atoms with Crippen molar-refractivity contribution in [3.05, 3.63) is 71.8 Å². The third kappa shape index (κ3) is 6.61. The van der Waals surface area contributed by atoms with E-state index < -0.39 is 0 Å². The first-order valence-corrected chi connectivity index (χ1v) is 17.7. The zero-order valence-corrected chi connectivity index (χ0v) is 27.5. The molecule has 3 aromatic carbocycles. The smallest absolute Gasteiger partial charge is 0.195 e. The van der Waals surface area contributed by atoms with Crippen LogP contribution in [-0.4, -0.2) is 79.3 Å². The average Bonchev–Trinajstić information content (AvgIpc) is 3.87. The summed E-state index contributed by atoms with van der Waals surface area (Å²) in [6, 6.07) is 19.2. The van der Waals surface area contributed by atoms with Gasteiger partial charge in [-0.15, -0.1) is 11.3 Å². The molecule has 4 aromatic rings. The second-order valence-electron chi connectivity index (χ2n) is 12.9. The number of nitrogens with zero attached hydrogens (tertiary/aromatic N) is 2. The number of aromatic hydroxyl groups is 1. The molecule has 1 saturated carbocycles. The summed E-state index contributed by atoms with van der Waals surface area (Å²) < 4.78 is 19.4. The minimum absolute atomic E-state index is 0.0876. The van der Waals surface area contributed by atoms with Gasteiger partial charge < -0.3 is 19.3 Å². The van der Waals surface area contributed by atoms with Crippen molar-refractivity contribution < 1.29 is 24.1 Å². The summed E-state index contributed by atoms with van der Waals surface area (Å²) >= 11 is 1.51. The number of hydrogen-bond acceptors (Lipinski definition) is 8. The number of phenols is 1. The average molecular weight is 641 g/mol. The molecular formula is C38H44N2O5S. The molecule has 3 fully saturated rings. The number of fused-ring (bicyclic) bond motifs is 1. The molecule has 0 bridgehead atoms. The van der Waals surface area contributed by atoms with Crippen LogP contribution in [0.15, 0.2) is 60.7 Å². The Morgan fingerprint density at radius 2 is 1.63 bits per heavy atom. The van der Waals surface area contributed by atoms with Crippen molar-refractivity contribution in [2.24, 2.45) is 0 Å². The molecule has 242 valence electrons. The molecule has 1 N–H and O–H groups in total. The van der Waals surface area contributed by atoms with Gasteiger partial charge in [0.15, 0.2) is 17.3 Å². The molecule has 0 unspecified atom stereocenters. The van der Waals surface area contributed by atoms with Gasteiger partial charge in [-0.05, 0) is 137 Å². The molecule has 3 heterocycles. The Labute approximate surface area is 275 Å². The highest BCUT2D eigenvalue weighted by Gasteiger charge is 2.34. The summed E-state index contributed by atoms with van der Waals surface area (Å²) in [5, 5.41) is 11.1. The molecule has 0 amide bonds. The lowest BCUT2D eigenvalue weighted by Gasteiger charge is -2.38. The number of methoxy groups -OCH3 is 1. The Morgan fingerprint density at radius 3 is 2.41 bits per heavy atom. The van der Waals surface area contributed by atoms with Gasteiger partial charge in [0.05, 0.1) is 7.11 Å². The molecule has 0 radical (unpaired) electrons. The minimum Gasteiger partial charge on any atom is -0.508 e. The number of thiophene rings is 1. The minimum atomic E-state index is -0.0876. The lowest BCUT2D eigenvalue weighted by Crippen LogP contribution is -2.46. The number of ether oxygens (including phenoxy) is 3. The van der Waals surface area contributed by atoms with E-state index in [-0.39, 0.29) is 17.6 Å². The molecule has 7 rings (SSSR count). The topological polar surface area (TPSA) is 71.5 Å². The maximum absolute atomic E-state index is 14.3. The second-order valence-corrected chi connectivity index (χ2v) is 13.9. The van der Waals surface area contributed by atoms with Crippen molar-refractivity contribution in [3.8, 4) is 33.4 Å². The van der Waals surface area contributed by atoms with Crippen LogP contribution in [0, 0.1) is 0 Å². The van der Waals surface area contributed by atoms with E-state index in [2.05, 4.69) is 9.80 Å². The number of rotatable bonds is 11. The molecule has 2 aliphatic heterocycles. The van der Waals surface area contributed by atoms with Gasteiger partial charge >= 0.3 is 0 Å².